The Bertz CT molecular complexity index is 681. The lowest BCUT2D eigenvalue weighted by Gasteiger charge is -2.37. The molecule has 1 saturated heterocycles. The molecule has 0 unspecified atom stereocenters. The Kier molecular flexibility index (Phi) is 4.48. The van der Waals surface area contributed by atoms with Crippen molar-refractivity contribution in [1.29, 1.82) is 0 Å². The lowest BCUT2D eigenvalue weighted by atomic mass is 10.0. The van der Waals surface area contributed by atoms with Crippen molar-refractivity contribution < 1.29 is 14.1 Å². The third kappa shape index (κ3) is 3.15. The van der Waals surface area contributed by atoms with E-state index in [-0.39, 0.29) is 18.1 Å². The Morgan fingerprint density at radius 1 is 1.30 bits per heavy atom. The molecule has 1 aliphatic rings. The number of hydrogen-bond donors (Lipinski definition) is 0. The van der Waals surface area contributed by atoms with E-state index in [1.807, 2.05) is 49.1 Å². The van der Waals surface area contributed by atoms with Crippen LogP contribution >= 0.6 is 0 Å². The van der Waals surface area contributed by atoms with Crippen molar-refractivity contribution in [3.63, 3.8) is 0 Å². The summed E-state index contributed by atoms with van der Waals surface area (Å²) in [5.41, 5.74) is 2.42. The van der Waals surface area contributed by atoms with Gasteiger partial charge >= 0.3 is 0 Å². The molecule has 2 aromatic rings. The van der Waals surface area contributed by atoms with Crippen molar-refractivity contribution >= 4 is 5.91 Å². The molecule has 5 heteroatoms. The van der Waals surface area contributed by atoms with Gasteiger partial charge in [0.1, 0.15) is 17.4 Å². The van der Waals surface area contributed by atoms with Gasteiger partial charge in [-0.05, 0) is 25.8 Å². The van der Waals surface area contributed by atoms with Crippen molar-refractivity contribution in [1.82, 2.24) is 10.1 Å². The first-order valence-corrected chi connectivity index (χ1v) is 8.05. The second kappa shape index (κ2) is 6.54. The van der Waals surface area contributed by atoms with Gasteiger partial charge in [-0.15, -0.1) is 0 Å². The summed E-state index contributed by atoms with van der Waals surface area (Å²) in [6, 6.07) is 10.0. The summed E-state index contributed by atoms with van der Waals surface area (Å²) in [5.74, 6) is 0.568. The van der Waals surface area contributed by atoms with Gasteiger partial charge in [0.05, 0.1) is 18.3 Å². The highest BCUT2D eigenvalue weighted by molar-refractivity contribution is 5.96. The molecular formula is C18H22N2O3. The van der Waals surface area contributed by atoms with Gasteiger partial charge < -0.3 is 14.2 Å². The maximum absolute atomic E-state index is 13.0. The number of morpholine rings is 1. The van der Waals surface area contributed by atoms with E-state index in [0.717, 1.165) is 11.3 Å². The lowest BCUT2D eigenvalue weighted by Crippen LogP contribution is -2.46. The van der Waals surface area contributed by atoms with Crippen molar-refractivity contribution in [3.8, 4) is 0 Å². The second-order valence-electron chi connectivity index (χ2n) is 5.97. The van der Waals surface area contributed by atoms with Crippen LogP contribution < -0.4 is 0 Å². The van der Waals surface area contributed by atoms with Crippen LogP contribution in [0.1, 0.15) is 47.3 Å². The molecule has 0 saturated carbocycles. The molecule has 1 fully saturated rings. The van der Waals surface area contributed by atoms with E-state index in [1.54, 1.807) is 6.92 Å². The summed E-state index contributed by atoms with van der Waals surface area (Å²) < 4.78 is 11.2. The molecule has 0 spiro atoms. The molecule has 0 aliphatic carbocycles. The Balaban J connectivity index is 1.84. The number of hydrogen-bond acceptors (Lipinski definition) is 4. The summed E-state index contributed by atoms with van der Waals surface area (Å²) >= 11 is 0. The number of nitrogens with zero attached hydrogens (tertiary/aromatic N) is 2. The normalized spacial score (nSPS) is 21.4. The van der Waals surface area contributed by atoms with E-state index < -0.39 is 0 Å². The fourth-order valence-electron chi connectivity index (χ4n) is 3.06. The molecule has 0 radical (unpaired) electrons. The van der Waals surface area contributed by atoms with E-state index >= 15 is 0 Å². The maximum Gasteiger partial charge on any atom is 0.259 e. The first-order chi connectivity index (χ1) is 11.1. The van der Waals surface area contributed by atoms with E-state index in [9.17, 15) is 4.79 Å². The van der Waals surface area contributed by atoms with Crippen LogP contribution in [0.4, 0.5) is 0 Å². The Labute approximate surface area is 136 Å². The number of aryl methyl sites for hydroxylation is 2. The average molecular weight is 314 g/mol. The summed E-state index contributed by atoms with van der Waals surface area (Å²) in [5, 5.41) is 3.99. The molecule has 0 bridgehead atoms. The predicted molar refractivity (Wildman–Crippen MR) is 86.3 cm³/mol. The van der Waals surface area contributed by atoms with Gasteiger partial charge in [-0.1, -0.05) is 42.4 Å². The molecule has 5 nitrogen and oxygen atoms in total. The highest BCUT2D eigenvalue weighted by atomic mass is 16.5. The smallest absolute Gasteiger partial charge is 0.259 e. The second-order valence-corrected chi connectivity index (χ2v) is 5.97. The maximum atomic E-state index is 13.0. The van der Waals surface area contributed by atoms with Gasteiger partial charge in [0.15, 0.2) is 0 Å². The fourth-order valence-corrected chi connectivity index (χ4v) is 3.06. The van der Waals surface area contributed by atoms with Gasteiger partial charge in [-0.25, -0.2) is 0 Å². The van der Waals surface area contributed by atoms with Crippen LogP contribution in [0.2, 0.25) is 0 Å². The summed E-state index contributed by atoms with van der Waals surface area (Å²) in [4.78, 5) is 14.8. The molecule has 23 heavy (non-hydrogen) atoms. The fraction of sp³-hybridized carbons (Fsp3) is 0.444. The lowest BCUT2D eigenvalue weighted by molar-refractivity contribution is -0.0692. The largest absolute Gasteiger partial charge is 0.367 e. The van der Waals surface area contributed by atoms with Crippen LogP contribution in [-0.2, 0) is 11.2 Å². The SMILES string of the molecule is CCc1noc(C)c1C(=O)N1C[C@H](C)O[C@@H](c2ccccc2)C1. The molecule has 1 amide bonds. The Morgan fingerprint density at radius 3 is 2.74 bits per heavy atom. The van der Waals surface area contributed by atoms with E-state index in [1.165, 1.54) is 0 Å². The first kappa shape index (κ1) is 15.7. The van der Waals surface area contributed by atoms with Crippen molar-refractivity contribution in [2.45, 2.75) is 39.4 Å². The summed E-state index contributed by atoms with van der Waals surface area (Å²) in [7, 11) is 0. The van der Waals surface area contributed by atoms with Gasteiger partial charge in [0.2, 0.25) is 0 Å². The quantitative estimate of drug-likeness (QED) is 0.873. The minimum absolute atomic E-state index is 0.0110. The molecule has 122 valence electrons. The van der Waals surface area contributed by atoms with Crippen LogP contribution in [0.15, 0.2) is 34.9 Å². The highest BCUT2D eigenvalue weighted by Crippen LogP contribution is 2.27. The zero-order valence-corrected chi connectivity index (χ0v) is 13.8. The van der Waals surface area contributed by atoms with E-state index in [0.29, 0.717) is 30.8 Å². The molecule has 2 heterocycles. The van der Waals surface area contributed by atoms with Gasteiger partial charge in [-0.3, -0.25) is 4.79 Å². The number of amides is 1. The molecule has 1 aromatic carbocycles. The van der Waals surface area contributed by atoms with Gasteiger partial charge in [0, 0.05) is 6.54 Å². The molecular weight excluding hydrogens is 292 g/mol. The summed E-state index contributed by atoms with van der Waals surface area (Å²) in [6.45, 7) is 6.88. The number of carbonyl (C=O) groups excluding carboxylic acids is 1. The average Bonchev–Trinajstić information content (AvgIpc) is 2.95. The minimum Gasteiger partial charge on any atom is -0.367 e. The number of ether oxygens (including phenoxy) is 1. The van der Waals surface area contributed by atoms with Crippen LogP contribution in [0.3, 0.4) is 0 Å². The summed E-state index contributed by atoms with van der Waals surface area (Å²) in [6.07, 6.45) is 0.567. The minimum atomic E-state index is -0.103. The standard InChI is InChI=1S/C18H22N2O3/c1-4-15-17(13(3)23-19-15)18(21)20-10-12(2)22-16(11-20)14-8-6-5-7-9-14/h5-9,12,16H,4,10-11H2,1-3H3/t12-,16+/m0/s1. The topological polar surface area (TPSA) is 55.6 Å². The van der Waals surface area contributed by atoms with Crippen LogP contribution in [0, 0.1) is 6.92 Å². The molecule has 1 aromatic heterocycles. The molecule has 2 atom stereocenters. The third-order valence-corrected chi connectivity index (χ3v) is 4.20. The van der Waals surface area contributed by atoms with Gasteiger partial charge in [0.25, 0.3) is 5.91 Å². The number of carbonyl (C=O) groups is 1. The van der Waals surface area contributed by atoms with Crippen LogP contribution in [-0.4, -0.2) is 35.2 Å². The first-order valence-electron chi connectivity index (χ1n) is 8.05. The number of benzene rings is 1. The zero-order chi connectivity index (χ0) is 16.4. The third-order valence-electron chi connectivity index (χ3n) is 4.20. The van der Waals surface area contributed by atoms with Crippen molar-refractivity contribution in [2.24, 2.45) is 0 Å². The van der Waals surface area contributed by atoms with Crippen LogP contribution in [0.5, 0.6) is 0 Å². The van der Waals surface area contributed by atoms with Crippen molar-refractivity contribution in [3.05, 3.63) is 52.9 Å². The van der Waals surface area contributed by atoms with Crippen molar-refractivity contribution in [2.75, 3.05) is 13.1 Å². The zero-order valence-electron chi connectivity index (χ0n) is 13.8. The highest BCUT2D eigenvalue weighted by Gasteiger charge is 2.32. The van der Waals surface area contributed by atoms with E-state index in [4.69, 9.17) is 9.26 Å². The van der Waals surface area contributed by atoms with Gasteiger partial charge in [-0.2, -0.15) is 0 Å². The monoisotopic (exact) mass is 314 g/mol. The Morgan fingerprint density at radius 2 is 2.04 bits per heavy atom. The van der Waals surface area contributed by atoms with E-state index in [2.05, 4.69) is 5.16 Å². The molecule has 1 aliphatic heterocycles. The molecule has 3 rings (SSSR count). The Hall–Kier alpha value is -2.14. The number of aromatic nitrogens is 1. The number of rotatable bonds is 3. The predicted octanol–water partition coefficient (Wildman–Crippen LogP) is 3.15. The van der Waals surface area contributed by atoms with Crippen LogP contribution in [0.25, 0.3) is 0 Å². The molecule has 0 N–H and O–H groups in total.